The number of carbonyl (C=O) groups is 2. The number of nitrogens with zero attached hydrogens (tertiary/aromatic N) is 1. The summed E-state index contributed by atoms with van der Waals surface area (Å²) in [5.41, 5.74) is 1.45. The fourth-order valence-electron chi connectivity index (χ4n) is 2.85. The van der Waals surface area contributed by atoms with Crippen LogP contribution in [0, 0.1) is 0 Å². The Labute approximate surface area is 181 Å². The standard InChI is InChI=1S/C22H26Cl2N2O3/c1-4-12-25-22(28)15(2)26(14-18-19(23)6-5-7-20(18)24)21(27)13-16-8-10-17(29-3)11-9-16/h5-11,15H,4,12-14H2,1-3H3,(H,25,28)/t15-/m0/s1. The summed E-state index contributed by atoms with van der Waals surface area (Å²) in [5.74, 6) is 0.316. The Hall–Kier alpha value is -2.24. The smallest absolute Gasteiger partial charge is 0.242 e. The summed E-state index contributed by atoms with van der Waals surface area (Å²) in [7, 11) is 1.59. The summed E-state index contributed by atoms with van der Waals surface area (Å²) in [4.78, 5) is 27.2. The molecule has 2 aromatic rings. The molecule has 0 bridgehead atoms. The molecule has 0 aliphatic rings. The lowest BCUT2D eigenvalue weighted by molar-refractivity contribution is -0.140. The number of ether oxygens (including phenoxy) is 1. The lowest BCUT2D eigenvalue weighted by Gasteiger charge is -2.29. The maximum Gasteiger partial charge on any atom is 0.242 e. The van der Waals surface area contributed by atoms with Crippen molar-refractivity contribution in [3.63, 3.8) is 0 Å². The highest BCUT2D eigenvalue weighted by molar-refractivity contribution is 6.36. The quantitative estimate of drug-likeness (QED) is 0.629. The van der Waals surface area contributed by atoms with Crippen LogP contribution in [0.15, 0.2) is 42.5 Å². The fourth-order valence-corrected chi connectivity index (χ4v) is 3.37. The molecule has 0 spiro atoms. The van der Waals surface area contributed by atoms with Gasteiger partial charge in [-0.2, -0.15) is 0 Å². The highest BCUT2D eigenvalue weighted by atomic mass is 35.5. The van der Waals surface area contributed by atoms with E-state index in [0.717, 1.165) is 12.0 Å². The van der Waals surface area contributed by atoms with E-state index in [2.05, 4.69) is 5.32 Å². The summed E-state index contributed by atoms with van der Waals surface area (Å²) < 4.78 is 5.16. The molecule has 0 fully saturated rings. The minimum absolute atomic E-state index is 0.147. The molecule has 29 heavy (non-hydrogen) atoms. The van der Waals surface area contributed by atoms with E-state index >= 15 is 0 Å². The number of benzene rings is 2. The number of amides is 2. The van der Waals surface area contributed by atoms with Crippen LogP contribution in [0.2, 0.25) is 10.0 Å². The van der Waals surface area contributed by atoms with Gasteiger partial charge in [0.15, 0.2) is 0 Å². The Morgan fingerprint density at radius 2 is 1.72 bits per heavy atom. The zero-order valence-corrected chi connectivity index (χ0v) is 18.4. The van der Waals surface area contributed by atoms with E-state index in [4.69, 9.17) is 27.9 Å². The molecule has 2 amide bonds. The molecule has 0 saturated carbocycles. The first-order chi connectivity index (χ1) is 13.9. The molecule has 2 rings (SSSR count). The number of hydrogen-bond donors (Lipinski definition) is 1. The maximum atomic E-state index is 13.1. The number of hydrogen-bond acceptors (Lipinski definition) is 3. The van der Waals surface area contributed by atoms with Crippen LogP contribution in [0.1, 0.15) is 31.4 Å². The molecular weight excluding hydrogens is 411 g/mol. The largest absolute Gasteiger partial charge is 0.497 e. The monoisotopic (exact) mass is 436 g/mol. The van der Waals surface area contributed by atoms with Crippen LogP contribution in [0.5, 0.6) is 5.75 Å². The van der Waals surface area contributed by atoms with Crippen molar-refractivity contribution in [3.8, 4) is 5.75 Å². The van der Waals surface area contributed by atoms with Crippen LogP contribution < -0.4 is 10.1 Å². The highest BCUT2D eigenvalue weighted by Gasteiger charge is 2.27. The SMILES string of the molecule is CCCNC(=O)[C@H](C)N(Cc1c(Cl)cccc1Cl)C(=O)Cc1ccc(OC)cc1. The molecule has 1 N–H and O–H groups in total. The van der Waals surface area contributed by atoms with Gasteiger partial charge in [0.2, 0.25) is 11.8 Å². The summed E-state index contributed by atoms with van der Waals surface area (Å²) >= 11 is 12.6. The van der Waals surface area contributed by atoms with Gasteiger partial charge in [0.05, 0.1) is 13.5 Å². The predicted molar refractivity (Wildman–Crippen MR) is 116 cm³/mol. The second kappa shape index (κ2) is 11.1. The van der Waals surface area contributed by atoms with E-state index in [1.54, 1.807) is 44.4 Å². The Balaban J connectivity index is 2.26. The van der Waals surface area contributed by atoms with E-state index in [0.29, 0.717) is 27.9 Å². The van der Waals surface area contributed by atoms with Crippen molar-refractivity contribution in [2.24, 2.45) is 0 Å². The molecule has 0 aliphatic heterocycles. The number of nitrogens with one attached hydrogen (secondary N) is 1. The van der Waals surface area contributed by atoms with Gasteiger partial charge in [0, 0.05) is 28.7 Å². The first kappa shape index (κ1) is 23.0. The summed E-state index contributed by atoms with van der Waals surface area (Å²) in [6.07, 6.45) is 0.964. The molecule has 0 saturated heterocycles. The first-order valence-corrected chi connectivity index (χ1v) is 10.3. The normalized spacial score (nSPS) is 11.6. The molecule has 0 aromatic heterocycles. The minimum Gasteiger partial charge on any atom is -0.497 e. The van der Waals surface area contributed by atoms with E-state index in [-0.39, 0.29) is 24.8 Å². The first-order valence-electron chi connectivity index (χ1n) is 9.50. The molecule has 0 unspecified atom stereocenters. The molecule has 1 atom stereocenters. The molecule has 156 valence electrons. The third kappa shape index (κ3) is 6.38. The predicted octanol–water partition coefficient (Wildman–Crippen LogP) is 4.49. The van der Waals surface area contributed by atoms with Crippen LogP contribution in [0.25, 0.3) is 0 Å². The lowest BCUT2D eigenvalue weighted by atomic mass is 10.1. The molecular formula is C22H26Cl2N2O3. The van der Waals surface area contributed by atoms with Crippen molar-refractivity contribution in [1.82, 2.24) is 10.2 Å². The molecule has 7 heteroatoms. The fraction of sp³-hybridized carbons (Fsp3) is 0.364. The molecule has 2 aromatic carbocycles. The van der Waals surface area contributed by atoms with Gasteiger partial charge in [0.25, 0.3) is 0 Å². The number of halogens is 2. The van der Waals surface area contributed by atoms with E-state index in [1.165, 1.54) is 4.90 Å². The average Bonchev–Trinajstić information content (AvgIpc) is 2.71. The van der Waals surface area contributed by atoms with Gasteiger partial charge in [-0.1, -0.05) is 48.3 Å². The van der Waals surface area contributed by atoms with Crippen LogP contribution in [-0.4, -0.2) is 36.4 Å². The Kier molecular flexibility index (Phi) is 8.80. The zero-order valence-electron chi connectivity index (χ0n) is 16.9. The zero-order chi connectivity index (χ0) is 21.4. The molecule has 0 heterocycles. The summed E-state index contributed by atoms with van der Waals surface area (Å²) in [6, 6.07) is 11.8. The molecule has 0 aliphatic carbocycles. The van der Waals surface area contributed by atoms with Gasteiger partial charge < -0.3 is 15.0 Å². The van der Waals surface area contributed by atoms with Crippen LogP contribution in [0.3, 0.4) is 0 Å². The van der Waals surface area contributed by atoms with Crippen molar-refractivity contribution in [3.05, 3.63) is 63.6 Å². The van der Waals surface area contributed by atoms with Crippen molar-refractivity contribution < 1.29 is 14.3 Å². The van der Waals surface area contributed by atoms with Gasteiger partial charge in [-0.15, -0.1) is 0 Å². The van der Waals surface area contributed by atoms with Crippen molar-refractivity contribution >= 4 is 35.0 Å². The van der Waals surface area contributed by atoms with Crippen molar-refractivity contribution in [2.75, 3.05) is 13.7 Å². The Bertz CT molecular complexity index is 820. The van der Waals surface area contributed by atoms with Crippen molar-refractivity contribution in [2.45, 2.75) is 39.3 Å². The van der Waals surface area contributed by atoms with E-state index in [9.17, 15) is 9.59 Å². The molecule has 0 radical (unpaired) electrons. The van der Waals surface area contributed by atoms with E-state index < -0.39 is 6.04 Å². The second-order valence-electron chi connectivity index (χ2n) is 6.71. The van der Waals surface area contributed by atoms with Crippen LogP contribution >= 0.6 is 23.2 Å². The number of carbonyl (C=O) groups excluding carboxylic acids is 2. The van der Waals surface area contributed by atoms with Gasteiger partial charge >= 0.3 is 0 Å². The average molecular weight is 437 g/mol. The van der Waals surface area contributed by atoms with Gasteiger partial charge in [-0.05, 0) is 43.2 Å². The second-order valence-corrected chi connectivity index (χ2v) is 7.53. The summed E-state index contributed by atoms with van der Waals surface area (Å²) in [6.45, 7) is 4.38. The van der Waals surface area contributed by atoms with Crippen molar-refractivity contribution in [1.29, 1.82) is 0 Å². The van der Waals surface area contributed by atoms with Gasteiger partial charge in [-0.3, -0.25) is 9.59 Å². The topological polar surface area (TPSA) is 58.6 Å². The van der Waals surface area contributed by atoms with Crippen LogP contribution in [-0.2, 0) is 22.6 Å². The lowest BCUT2D eigenvalue weighted by Crippen LogP contribution is -2.48. The van der Waals surface area contributed by atoms with Crippen LogP contribution in [0.4, 0.5) is 0 Å². The number of methoxy groups -OCH3 is 1. The highest BCUT2D eigenvalue weighted by Crippen LogP contribution is 2.27. The summed E-state index contributed by atoms with van der Waals surface area (Å²) in [5, 5.41) is 3.76. The van der Waals surface area contributed by atoms with Gasteiger partial charge in [0.1, 0.15) is 11.8 Å². The van der Waals surface area contributed by atoms with E-state index in [1.807, 2.05) is 19.1 Å². The number of rotatable bonds is 9. The minimum atomic E-state index is -0.667. The third-order valence-electron chi connectivity index (χ3n) is 4.62. The molecule has 5 nitrogen and oxygen atoms in total. The van der Waals surface area contributed by atoms with Gasteiger partial charge in [-0.25, -0.2) is 0 Å². The Morgan fingerprint density at radius 1 is 1.10 bits per heavy atom. The Morgan fingerprint density at radius 3 is 2.28 bits per heavy atom. The third-order valence-corrected chi connectivity index (χ3v) is 5.33. The maximum absolute atomic E-state index is 13.1.